The molecule has 3 heterocycles. The minimum Gasteiger partial charge on any atom is -0.492 e. The van der Waals surface area contributed by atoms with E-state index in [0.717, 1.165) is 31.1 Å². The quantitative estimate of drug-likeness (QED) is 0.585. The van der Waals surface area contributed by atoms with Gasteiger partial charge in [0.15, 0.2) is 6.04 Å². The number of nitrogens with zero attached hydrogens (tertiary/aromatic N) is 3. The SMILES string of the molecule is Cc1nc2sc([C@@H](c3ccccc3F)[NH+]3CC[NH+](C)CC3)c(O)n2n1. The van der Waals surface area contributed by atoms with E-state index in [-0.39, 0.29) is 17.7 Å². The Bertz CT molecular complexity index is 900. The number of fused-ring (bicyclic) bond motifs is 1. The van der Waals surface area contributed by atoms with Crippen LogP contribution in [0, 0.1) is 12.7 Å². The minimum absolute atomic E-state index is 0.0765. The fourth-order valence-electron chi connectivity index (χ4n) is 3.58. The average Bonchev–Trinajstić information content (AvgIpc) is 3.09. The van der Waals surface area contributed by atoms with Crippen LogP contribution in [0.2, 0.25) is 0 Å². The first-order valence-corrected chi connectivity index (χ1v) is 9.31. The molecular weight excluding hydrogens is 341 g/mol. The lowest BCUT2D eigenvalue weighted by molar-refractivity contribution is -1.02. The van der Waals surface area contributed by atoms with Crippen molar-refractivity contribution in [1.29, 1.82) is 0 Å². The summed E-state index contributed by atoms with van der Waals surface area (Å²) in [4.78, 5) is 8.48. The van der Waals surface area contributed by atoms with Gasteiger partial charge in [-0.05, 0) is 19.1 Å². The third-order valence-electron chi connectivity index (χ3n) is 4.94. The molecule has 0 saturated carbocycles. The van der Waals surface area contributed by atoms with E-state index >= 15 is 0 Å². The Hall–Kier alpha value is -2.03. The summed E-state index contributed by atoms with van der Waals surface area (Å²) in [5, 5.41) is 15.0. The van der Waals surface area contributed by atoms with Crippen molar-refractivity contribution in [2.75, 3.05) is 33.2 Å². The van der Waals surface area contributed by atoms with Crippen LogP contribution in [0.4, 0.5) is 4.39 Å². The molecule has 25 heavy (non-hydrogen) atoms. The number of quaternary nitrogens is 2. The third-order valence-corrected chi connectivity index (χ3v) is 6.02. The Labute approximate surface area is 149 Å². The van der Waals surface area contributed by atoms with Gasteiger partial charge < -0.3 is 14.9 Å². The molecule has 3 aromatic rings. The van der Waals surface area contributed by atoms with Crippen LogP contribution < -0.4 is 9.80 Å². The molecule has 1 aliphatic heterocycles. The summed E-state index contributed by atoms with van der Waals surface area (Å²) >= 11 is 1.40. The molecule has 1 atom stereocenters. The van der Waals surface area contributed by atoms with E-state index in [1.54, 1.807) is 13.0 Å². The minimum atomic E-state index is -0.247. The van der Waals surface area contributed by atoms with Gasteiger partial charge in [0.2, 0.25) is 10.8 Å². The van der Waals surface area contributed by atoms with E-state index in [9.17, 15) is 9.50 Å². The molecule has 4 rings (SSSR count). The molecule has 6 nitrogen and oxygen atoms in total. The Morgan fingerprint density at radius 1 is 1.24 bits per heavy atom. The number of aromatic hydroxyl groups is 1. The van der Waals surface area contributed by atoms with E-state index in [1.807, 2.05) is 12.1 Å². The van der Waals surface area contributed by atoms with Crippen LogP contribution in [0.3, 0.4) is 0 Å². The van der Waals surface area contributed by atoms with Crippen LogP contribution in [-0.4, -0.2) is 52.9 Å². The van der Waals surface area contributed by atoms with Crippen LogP contribution in [0.15, 0.2) is 24.3 Å². The fourth-order valence-corrected chi connectivity index (χ4v) is 4.76. The van der Waals surface area contributed by atoms with Crippen LogP contribution in [-0.2, 0) is 0 Å². The molecule has 0 radical (unpaired) electrons. The van der Waals surface area contributed by atoms with Gasteiger partial charge >= 0.3 is 0 Å². The summed E-state index contributed by atoms with van der Waals surface area (Å²) in [5.41, 5.74) is 0.619. The molecule has 0 amide bonds. The molecule has 132 valence electrons. The second-order valence-corrected chi connectivity index (χ2v) is 7.72. The lowest BCUT2D eigenvalue weighted by atomic mass is 10.0. The van der Waals surface area contributed by atoms with Gasteiger partial charge in [0, 0.05) is 0 Å². The van der Waals surface area contributed by atoms with Gasteiger partial charge in [0.05, 0.1) is 12.6 Å². The number of hydrogen-bond donors (Lipinski definition) is 3. The van der Waals surface area contributed by atoms with E-state index in [2.05, 4.69) is 17.1 Å². The molecule has 1 fully saturated rings. The smallest absolute Gasteiger partial charge is 0.235 e. The maximum absolute atomic E-state index is 14.6. The van der Waals surface area contributed by atoms with Crippen molar-refractivity contribution in [3.8, 4) is 5.88 Å². The maximum atomic E-state index is 14.6. The monoisotopic (exact) mass is 363 g/mol. The van der Waals surface area contributed by atoms with Crippen molar-refractivity contribution < 1.29 is 19.3 Å². The molecule has 0 bridgehead atoms. The number of aromatic nitrogens is 3. The van der Waals surface area contributed by atoms with Crippen molar-refractivity contribution in [1.82, 2.24) is 14.6 Å². The Morgan fingerprint density at radius 2 is 1.96 bits per heavy atom. The number of likely N-dealkylation sites (N-methyl/N-ethyl adjacent to an activating group) is 1. The molecule has 2 aromatic heterocycles. The highest BCUT2D eigenvalue weighted by atomic mass is 32.1. The number of hydrogen-bond acceptors (Lipinski definition) is 4. The van der Waals surface area contributed by atoms with E-state index in [1.165, 1.54) is 31.7 Å². The zero-order valence-corrected chi connectivity index (χ0v) is 15.1. The highest BCUT2D eigenvalue weighted by Crippen LogP contribution is 2.35. The lowest BCUT2D eigenvalue weighted by Gasteiger charge is -2.33. The normalized spacial score (nSPS) is 22.4. The zero-order valence-electron chi connectivity index (χ0n) is 14.3. The molecule has 1 aliphatic rings. The van der Waals surface area contributed by atoms with Crippen LogP contribution in [0.1, 0.15) is 22.3 Å². The molecule has 0 unspecified atom stereocenters. The van der Waals surface area contributed by atoms with Crippen molar-refractivity contribution in [3.05, 3.63) is 46.3 Å². The van der Waals surface area contributed by atoms with Gasteiger partial charge in [-0.25, -0.2) is 9.37 Å². The standard InChI is InChI=1S/C17H20FN5OS/c1-11-19-17-23(20-11)16(24)15(25-17)14(12-5-3-4-6-13(12)18)22-9-7-21(2)8-10-22/h3-6,14,24H,7-10H2,1-2H3/p+2/t14-/m1/s1. The van der Waals surface area contributed by atoms with Gasteiger partial charge in [-0.15, -0.1) is 5.10 Å². The first-order valence-electron chi connectivity index (χ1n) is 8.50. The summed E-state index contributed by atoms with van der Waals surface area (Å²) in [6.45, 7) is 5.71. The van der Waals surface area contributed by atoms with Crippen molar-refractivity contribution in [2.45, 2.75) is 13.0 Å². The van der Waals surface area contributed by atoms with Gasteiger partial charge in [-0.3, -0.25) is 0 Å². The highest BCUT2D eigenvalue weighted by Gasteiger charge is 2.36. The van der Waals surface area contributed by atoms with Crippen LogP contribution >= 0.6 is 11.3 Å². The topological polar surface area (TPSA) is 59.3 Å². The second-order valence-electron chi connectivity index (χ2n) is 6.71. The first kappa shape index (κ1) is 16.4. The Kier molecular flexibility index (Phi) is 4.18. The molecule has 8 heteroatoms. The summed E-state index contributed by atoms with van der Waals surface area (Å²) in [6, 6.07) is 6.61. The number of piperazine rings is 1. The van der Waals surface area contributed by atoms with Crippen LogP contribution in [0.5, 0.6) is 5.88 Å². The van der Waals surface area contributed by atoms with Gasteiger partial charge in [-0.2, -0.15) is 4.52 Å². The number of aryl methyl sites for hydroxylation is 1. The van der Waals surface area contributed by atoms with Crippen molar-refractivity contribution in [3.63, 3.8) is 0 Å². The number of thiazole rings is 1. The first-order chi connectivity index (χ1) is 12.0. The molecule has 0 spiro atoms. The predicted octanol–water partition coefficient (Wildman–Crippen LogP) is -0.553. The zero-order chi connectivity index (χ0) is 17.6. The van der Waals surface area contributed by atoms with Crippen molar-refractivity contribution >= 4 is 16.3 Å². The molecule has 1 saturated heterocycles. The van der Waals surface area contributed by atoms with E-state index in [0.29, 0.717) is 16.3 Å². The fraction of sp³-hybridized carbons (Fsp3) is 0.412. The summed E-state index contributed by atoms with van der Waals surface area (Å²) in [7, 11) is 2.18. The number of benzene rings is 1. The average molecular weight is 363 g/mol. The largest absolute Gasteiger partial charge is 0.492 e. The van der Waals surface area contributed by atoms with Gasteiger partial charge in [0.25, 0.3) is 0 Å². The van der Waals surface area contributed by atoms with Gasteiger partial charge in [-0.1, -0.05) is 23.5 Å². The highest BCUT2D eigenvalue weighted by molar-refractivity contribution is 7.17. The van der Waals surface area contributed by atoms with Crippen LogP contribution in [0.25, 0.3) is 4.96 Å². The summed E-state index contributed by atoms with van der Waals surface area (Å²) < 4.78 is 16.1. The molecule has 0 aliphatic carbocycles. The predicted molar refractivity (Wildman–Crippen MR) is 92.8 cm³/mol. The number of halogens is 1. The molecule has 3 N–H and O–H groups in total. The number of rotatable bonds is 3. The second kappa shape index (κ2) is 6.36. The maximum Gasteiger partial charge on any atom is 0.235 e. The van der Waals surface area contributed by atoms with E-state index in [4.69, 9.17) is 0 Å². The summed E-state index contributed by atoms with van der Waals surface area (Å²) in [5.74, 6) is 0.458. The third kappa shape index (κ3) is 2.90. The molecular formula is C17H22FN5OS+2. The van der Waals surface area contributed by atoms with Crippen molar-refractivity contribution in [2.24, 2.45) is 0 Å². The Balaban J connectivity index is 1.83. The lowest BCUT2D eigenvalue weighted by Crippen LogP contribution is -3.27. The molecule has 1 aromatic carbocycles. The van der Waals surface area contributed by atoms with E-state index < -0.39 is 0 Å². The van der Waals surface area contributed by atoms with Gasteiger partial charge in [0.1, 0.15) is 42.7 Å². The Morgan fingerprint density at radius 3 is 2.64 bits per heavy atom. The number of nitrogens with one attached hydrogen (secondary N) is 2. The summed E-state index contributed by atoms with van der Waals surface area (Å²) in [6.07, 6.45) is 0.